The Morgan fingerprint density at radius 3 is 1.67 bits per heavy atom. The average molecular weight is 257 g/mol. The van der Waals surface area contributed by atoms with Crippen molar-refractivity contribution >= 4 is 17.6 Å². The van der Waals surface area contributed by atoms with Gasteiger partial charge in [-0.05, 0) is 0 Å². The lowest BCUT2D eigenvalue weighted by atomic mass is 10.3. The van der Waals surface area contributed by atoms with E-state index < -0.39 is 29.5 Å². The van der Waals surface area contributed by atoms with E-state index in [1.54, 1.807) is 0 Å². The molecular formula is C6H3ClF6O2. The molecule has 0 saturated carbocycles. The lowest BCUT2D eigenvalue weighted by Gasteiger charge is -2.22. The molecule has 15 heavy (non-hydrogen) atoms. The maximum atomic E-state index is 11.8. The number of hydrogen-bond acceptors (Lipinski definition) is 2. The average Bonchev–Trinajstić information content (AvgIpc) is 1.94. The summed E-state index contributed by atoms with van der Waals surface area (Å²) in [5.74, 6) is -1.98. The Labute approximate surface area is 84.4 Å². The van der Waals surface area contributed by atoms with Gasteiger partial charge in [0.15, 0.2) is 0 Å². The summed E-state index contributed by atoms with van der Waals surface area (Å²) in [6, 6.07) is 0. The molecule has 0 amide bonds. The molecule has 0 aliphatic heterocycles. The van der Waals surface area contributed by atoms with Crippen molar-refractivity contribution in [2.45, 2.75) is 18.5 Å². The first-order chi connectivity index (χ1) is 6.46. The molecule has 2 nitrogen and oxygen atoms in total. The van der Waals surface area contributed by atoms with Crippen LogP contribution in [0.3, 0.4) is 0 Å². The van der Waals surface area contributed by atoms with E-state index in [2.05, 4.69) is 11.3 Å². The number of alkyl halides is 6. The lowest BCUT2D eigenvalue weighted by molar-refractivity contribution is -0.312. The maximum Gasteiger partial charge on any atom is 0.434 e. The Kier molecular flexibility index (Phi) is 4.03. The summed E-state index contributed by atoms with van der Waals surface area (Å²) < 4.78 is 73.7. The van der Waals surface area contributed by atoms with Gasteiger partial charge in [0.25, 0.3) is 6.10 Å². The third-order valence-electron chi connectivity index (χ3n) is 1.04. The van der Waals surface area contributed by atoms with Crippen LogP contribution in [0.15, 0.2) is 11.6 Å². The minimum atomic E-state index is -5.75. The molecule has 0 fully saturated rings. The summed E-state index contributed by atoms with van der Waals surface area (Å²) in [7, 11) is 0. The second-order valence-electron chi connectivity index (χ2n) is 2.27. The van der Waals surface area contributed by atoms with Crippen molar-refractivity contribution < 1.29 is 35.9 Å². The molecule has 0 atom stereocenters. The third kappa shape index (κ3) is 4.41. The minimum Gasteiger partial charge on any atom is -0.439 e. The number of halogens is 7. The van der Waals surface area contributed by atoms with Crippen molar-refractivity contribution in [2.75, 3.05) is 0 Å². The molecule has 0 bridgehead atoms. The zero-order valence-electron chi connectivity index (χ0n) is 6.75. The van der Waals surface area contributed by atoms with Gasteiger partial charge in [-0.15, -0.1) is 0 Å². The van der Waals surface area contributed by atoms with E-state index in [-0.39, 0.29) is 0 Å². The summed E-state index contributed by atoms with van der Waals surface area (Å²) in [5.41, 5.74) is 0. The first-order valence-electron chi connectivity index (χ1n) is 3.15. The zero-order chi connectivity index (χ0) is 12.4. The van der Waals surface area contributed by atoms with Crippen LogP contribution in [0.4, 0.5) is 26.3 Å². The first-order valence-corrected chi connectivity index (χ1v) is 3.53. The van der Waals surface area contributed by atoms with E-state index in [9.17, 15) is 31.1 Å². The Morgan fingerprint density at radius 2 is 1.47 bits per heavy atom. The number of hydrogen-bond donors (Lipinski definition) is 0. The highest BCUT2D eigenvalue weighted by Gasteiger charge is 2.59. The van der Waals surface area contributed by atoms with Gasteiger partial charge in [-0.25, -0.2) is 4.79 Å². The van der Waals surface area contributed by atoms with Crippen molar-refractivity contribution in [3.63, 3.8) is 0 Å². The molecule has 0 aliphatic carbocycles. The Balaban J connectivity index is 4.85. The highest BCUT2D eigenvalue weighted by Crippen LogP contribution is 2.36. The largest absolute Gasteiger partial charge is 0.439 e. The molecule has 0 aromatic carbocycles. The smallest absolute Gasteiger partial charge is 0.434 e. The summed E-state index contributed by atoms with van der Waals surface area (Å²) in [6.07, 6.45) is -15.7. The van der Waals surface area contributed by atoms with Crippen LogP contribution in [0, 0.1) is 0 Å². The Morgan fingerprint density at radius 1 is 1.13 bits per heavy atom. The molecule has 0 saturated heterocycles. The molecule has 0 N–H and O–H groups in total. The standard InChI is InChI=1S/C6H3ClF6O2/c1-2(7)3(14)15-4(5(8,9)10)6(11,12)13/h4H,1H2. The van der Waals surface area contributed by atoms with E-state index in [1.807, 2.05) is 0 Å². The van der Waals surface area contributed by atoms with Crippen LogP contribution in [0.1, 0.15) is 0 Å². The van der Waals surface area contributed by atoms with Crippen LogP contribution in [-0.2, 0) is 9.53 Å². The highest BCUT2D eigenvalue weighted by atomic mass is 35.5. The van der Waals surface area contributed by atoms with E-state index >= 15 is 0 Å². The van der Waals surface area contributed by atoms with Gasteiger partial charge in [-0.1, -0.05) is 18.2 Å². The van der Waals surface area contributed by atoms with Crippen LogP contribution < -0.4 is 0 Å². The molecule has 0 aliphatic rings. The van der Waals surface area contributed by atoms with Crippen LogP contribution in [0.25, 0.3) is 0 Å². The lowest BCUT2D eigenvalue weighted by Crippen LogP contribution is -2.45. The molecular weight excluding hydrogens is 254 g/mol. The van der Waals surface area contributed by atoms with Crippen LogP contribution in [0.5, 0.6) is 0 Å². The van der Waals surface area contributed by atoms with Crippen LogP contribution in [0.2, 0.25) is 0 Å². The molecule has 9 heteroatoms. The summed E-state index contributed by atoms with van der Waals surface area (Å²) >= 11 is 4.77. The van der Waals surface area contributed by atoms with Gasteiger partial charge in [-0.2, -0.15) is 26.3 Å². The highest BCUT2D eigenvalue weighted by molar-refractivity contribution is 6.40. The number of carbonyl (C=O) groups excluding carboxylic acids is 1. The molecule has 0 unspecified atom stereocenters. The minimum absolute atomic E-state index is 1.08. The van der Waals surface area contributed by atoms with Gasteiger partial charge in [-0.3, -0.25) is 0 Å². The molecule has 88 valence electrons. The number of rotatable bonds is 2. The van der Waals surface area contributed by atoms with Crippen molar-refractivity contribution in [3.8, 4) is 0 Å². The van der Waals surface area contributed by atoms with Crippen LogP contribution >= 0.6 is 11.6 Å². The number of esters is 1. The van der Waals surface area contributed by atoms with Crippen molar-refractivity contribution in [2.24, 2.45) is 0 Å². The third-order valence-corrected chi connectivity index (χ3v) is 1.20. The molecule has 0 rings (SSSR count). The van der Waals surface area contributed by atoms with E-state index in [0.717, 1.165) is 0 Å². The normalized spacial score (nSPS) is 12.8. The van der Waals surface area contributed by atoms with Crippen LogP contribution in [-0.4, -0.2) is 24.4 Å². The van der Waals surface area contributed by atoms with E-state index in [1.165, 1.54) is 0 Å². The molecule has 0 spiro atoms. The summed E-state index contributed by atoms with van der Waals surface area (Å²) in [5, 5.41) is -1.08. The summed E-state index contributed by atoms with van der Waals surface area (Å²) in [4.78, 5) is 10.4. The van der Waals surface area contributed by atoms with Gasteiger partial charge >= 0.3 is 18.3 Å². The van der Waals surface area contributed by atoms with Gasteiger partial charge < -0.3 is 4.74 Å². The fourth-order valence-electron chi connectivity index (χ4n) is 0.490. The van der Waals surface area contributed by atoms with Gasteiger partial charge in [0, 0.05) is 0 Å². The fourth-order valence-corrected chi connectivity index (χ4v) is 0.535. The molecule has 0 aromatic rings. The van der Waals surface area contributed by atoms with Crippen molar-refractivity contribution in [1.82, 2.24) is 0 Å². The van der Waals surface area contributed by atoms with E-state index in [0.29, 0.717) is 0 Å². The predicted octanol–water partition coefficient (Wildman–Crippen LogP) is 2.78. The second kappa shape index (κ2) is 4.30. The topological polar surface area (TPSA) is 26.3 Å². The monoisotopic (exact) mass is 256 g/mol. The zero-order valence-corrected chi connectivity index (χ0v) is 7.50. The van der Waals surface area contributed by atoms with Crippen molar-refractivity contribution in [1.29, 1.82) is 0 Å². The maximum absolute atomic E-state index is 11.8. The SMILES string of the molecule is C=C(Cl)C(=O)OC(C(F)(F)F)C(F)(F)F. The molecule has 0 radical (unpaired) electrons. The second-order valence-corrected chi connectivity index (χ2v) is 2.73. The Hall–Kier alpha value is -0.920. The van der Waals surface area contributed by atoms with Gasteiger partial charge in [0.05, 0.1) is 0 Å². The quantitative estimate of drug-likeness (QED) is 0.431. The fraction of sp³-hybridized carbons (Fsp3) is 0.500. The van der Waals surface area contributed by atoms with Gasteiger partial charge in [0.2, 0.25) is 0 Å². The number of carbonyl (C=O) groups is 1. The predicted molar refractivity (Wildman–Crippen MR) is 37.0 cm³/mol. The summed E-state index contributed by atoms with van der Waals surface area (Å²) in [6.45, 7) is 2.63. The van der Waals surface area contributed by atoms with Gasteiger partial charge in [0.1, 0.15) is 5.03 Å². The first kappa shape index (κ1) is 14.1. The Bertz CT molecular complexity index is 254. The number of ether oxygens (including phenoxy) is 1. The van der Waals surface area contributed by atoms with Crippen molar-refractivity contribution in [3.05, 3.63) is 11.6 Å². The molecule has 0 heterocycles. The molecule has 0 aromatic heterocycles. The van der Waals surface area contributed by atoms with E-state index in [4.69, 9.17) is 11.6 Å².